The SMILES string of the molecule is CC1=C(c2ccccc2)c2ccccc2OC1(C)Cc1ccccc1. The van der Waals surface area contributed by atoms with Crippen LogP contribution >= 0.6 is 0 Å². The van der Waals surface area contributed by atoms with Gasteiger partial charge in [0.1, 0.15) is 11.4 Å². The van der Waals surface area contributed by atoms with Crippen molar-refractivity contribution < 1.29 is 4.74 Å². The lowest BCUT2D eigenvalue weighted by molar-refractivity contribution is 0.124. The summed E-state index contributed by atoms with van der Waals surface area (Å²) in [5, 5.41) is 0. The van der Waals surface area contributed by atoms with Crippen LogP contribution in [-0.2, 0) is 6.42 Å². The highest BCUT2D eigenvalue weighted by molar-refractivity contribution is 5.87. The zero-order chi connectivity index (χ0) is 17.3. The lowest BCUT2D eigenvalue weighted by atomic mass is 9.80. The Morgan fingerprint density at radius 1 is 0.760 bits per heavy atom. The minimum absolute atomic E-state index is 0.360. The molecule has 3 aromatic carbocycles. The van der Waals surface area contributed by atoms with Crippen LogP contribution in [0, 0.1) is 0 Å². The lowest BCUT2D eigenvalue weighted by Crippen LogP contribution is -2.39. The van der Waals surface area contributed by atoms with Crippen LogP contribution in [-0.4, -0.2) is 5.60 Å². The van der Waals surface area contributed by atoms with Crippen molar-refractivity contribution in [3.05, 3.63) is 107 Å². The molecule has 0 spiro atoms. The Bertz CT molecular complexity index is 909. The number of fused-ring (bicyclic) bond motifs is 1. The fraction of sp³-hybridized carbons (Fsp3) is 0.167. The lowest BCUT2D eigenvalue weighted by Gasteiger charge is -2.39. The summed E-state index contributed by atoms with van der Waals surface area (Å²) < 4.78 is 6.53. The molecular weight excluding hydrogens is 304 g/mol. The van der Waals surface area contributed by atoms with Crippen molar-refractivity contribution in [2.45, 2.75) is 25.9 Å². The summed E-state index contributed by atoms with van der Waals surface area (Å²) in [6, 6.07) is 29.6. The standard InChI is InChI=1S/C24H22O/c1-18-23(20-13-7-4-8-14-20)21-15-9-10-16-22(21)25-24(18,2)17-19-11-5-3-6-12-19/h3-16H,17H2,1-2H3. The highest BCUT2D eigenvalue weighted by Crippen LogP contribution is 2.44. The predicted molar refractivity (Wildman–Crippen MR) is 104 cm³/mol. The Labute approximate surface area is 149 Å². The highest BCUT2D eigenvalue weighted by Gasteiger charge is 2.36. The van der Waals surface area contributed by atoms with E-state index in [1.54, 1.807) is 0 Å². The van der Waals surface area contributed by atoms with Crippen LogP contribution in [0.2, 0.25) is 0 Å². The average molecular weight is 326 g/mol. The molecule has 0 saturated carbocycles. The van der Waals surface area contributed by atoms with E-state index >= 15 is 0 Å². The zero-order valence-electron chi connectivity index (χ0n) is 14.7. The predicted octanol–water partition coefficient (Wildman–Crippen LogP) is 5.90. The van der Waals surface area contributed by atoms with Gasteiger partial charge in [0.15, 0.2) is 0 Å². The molecule has 124 valence electrons. The second-order valence-corrected chi connectivity index (χ2v) is 6.86. The molecule has 0 saturated heterocycles. The number of para-hydroxylation sites is 1. The maximum atomic E-state index is 6.53. The van der Waals surface area contributed by atoms with Gasteiger partial charge in [0.05, 0.1) is 0 Å². The molecule has 1 heterocycles. The molecular formula is C24H22O. The fourth-order valence-corrected chi connectivity index (χ4v) is 3.68. The van der Waals surface area contributed by atoms with Crippen LogP contribution in [0.25, 0.3) is 5.57 Å². The average Bonchev–Trinajstić information content (AvgIpc) is 2.64. The highest BCUT2D eigenvalue weighted by atomic mass is 16.5. The van der Waals surface area contributed by atoms with Crippen LogP contribution in [0.15, 0.2) is 90.5 Å². The number of benzene rings is 3. The van der Waals surface area contributed by atoms with Crippen molar-refractivity contribution in [3.63, 3.8) is 0 Å². The van der Waals surface area contributed by atoms with E-state index in [2.05, 4.69) is 92.7 Å². The van der Waals surface area contributed by atoms with Gasteiger partial charge in [0.2, 0.25) is 0 Å². The molecule has 1 unspecified atom stereocenters. The van der Waals surface area contributed by atoms with Crippen molar-refractivity contribution in [2.24, 2.45) is 0 Å². The van der Waals surface area contributed by atoms with Gasteiger partial charge in [0.25, 0.3) is 0 Å². The van der Waals surface area contributed by atoms with Crippen molar-refractivity contribution in [1.29, 1.82) is 0 Å². The first-order valence-corrected chi connectivity index (χ1v) is 8.76. The first-order valence-electron chi connectivity index (χ1n) is 8.76. The monoisotopic (exact) mass is 326 g/mol. The molecule has 3 aromatic rings. The Balaban J connectivity index is 1.88. The van der Waals surface area contributed by atoms with E-state index in [0.29, 0.717) is 0 Å². The summed E-state index contributed by atoms with van der Waals surface area (Å²) in [7, 11) is 0. The largest absolute Gasteiger partial charge is 0.482 e. The number of ether oxygens (including phenoxy) is 1. The summed E-state index contributed by atoms with van der Waals surface area (Å²) in [5.41, 5.74) is 5.92. The quantitative estimate of drug-likeness (QED) is 0.582. The summed E-state index contributed by atoms with van der Waals surface area (Å²) in [6.07, 6.45) is 0.852. The number of hydrogen-bond donors (Lipinski definition) is 0. The fourth-order valence-electron chi connectivity index (χ4n) is 3.68. The maximum Gasteiger partial charge on any atom is 0.132 e. The zero-order valence-corrected chi connectivity index (χ0v) is 14.7. The molecule has 1 heteroatoms. The number of hydrogen-bond acceptors (Lipinski definition) is 1. The molecule has 0 bridgehead atoms. The van der Waals surface area contributed by atoms with Gasteiger partial charge in [-0.15, -0.1) is 0 Å². The molecule has 4 rings (SSSR count). The van der Waals surface area contributed by atoms with Crippen LogP contribution in [0.5, 0.6) is 5.75 Å². The number of rotatable bonds is 3. The molecule has 0 amide bonds. The van der Waals surface area contributed by atoms with E-state index in [9.17, 15) is 0 Å². The van der Waals surface area contributed by atoms with Crippen LogP contribution in [0.1, 0.15) is 30.5 Å². The Morgan fingerprint density at radius 3 is 2.08 bits per heavy atom. The molecule has 0 N–H and O–H groups in total. The van der Waals surface area contributed by atoms with Crippen molar-refractivity contribution in [3.8, 4) is 5.75 Å². The smallest absolute Gasteiger partial charge is 0.132 e. The third-order valence-corrected chi connectivity index (χ3v) is 5.11. The van der Waals surface area contributed by atoms with E-state index in [1.807, 2.05) is 6.07 Å². The van der Waals surface area contributed by atoms with Gasteiger partial charge in [-0.1, -0.05) is 78.9 Å². The first-order chi connectivity index (χ1) is 12.2. The molecule has 0 fully saturated rings. The van der Waals surface area contributed by atoms with E-state index in [0.717, 1.165) is 12.2 Å². The van der Waals surface area contributed by atoms with E-state index < -0.39 is 0 Å². The molecule has 1 atom stereocenters. The van der Waals surface area contributed by atoms with Crippen LogP contribution in [0.3, 0.4) is 0 Å². The van der Waals surface area contributed by atoms with Gasteiger partial charge in [-0.25, -0.2) is 0 Å². The van der Waals surface area contributed by atoms with Crippen molar-refractivity contribution in [1.82, 2.24) is 0 Å². The summed E-state index contributed by atoms with van der Waals surface area (Å²) >= 11 is 0. The van der Waals surface area contributed by atoms with Gasteiger partial charge in [-0.2, -0.15) is 0 Å². The third kappa shape index (κ3) is 2.87. The summed E-state index contributed by atoms with van der Waals surface area (Å²) in [4.78, 5) is 0. The third-order valence-electron chi connectivity index (χ3n) is 5.11. The van der Waals surface area contributed by atoms with Gasteiger partial charge in [-0.3, -0.25) is 0 Å². The molecule has 1 aliphatic rings. The maximum absolute atomic E-state index is 6.53. The van der Waals surface area contributed by atoms with Crippen LogP contribution < -0.4 is 4.74 Å². The Morgan fingerprint density at radius 2 is 1.36 bits per heavy atom. The Hall–Kier alpha value is -2.80. The molecule has 25 heavy (non-hydrogen) atoms. The molecule has 0 aliphatic carbocycles. The van der Waals surface area contributed by atoms with E-state index in [1.165, 1.54) is 27.8 Å². The first kappa shape index (κ1) is 15.7. The minimum atomic E-state index is -0.360. The van der Waals surface area contributed by atoms with Gasteiger partial charge in [-0.05, 0) is 42.2 Å². The summed E-state index contributed by atoms with van der Waals surface area (Å²) in [6.45, 7) is 4.41. The second kappa shape index (κ2) is 6.25. The second-order valence-electron chi connectivity index (χ2n) is 6.86. The van der Waals surface area contributed by atoms with Crippen molar-refractivity contribution >= 4 is 5.57 Å². The normalized spacial score (nSPS) is 19.3. The molecule has 1 aliphatic heterocycles. The topological polar surface area (TPSA) is 9.23 Å². The van der Waals surface area contributed by atoms with Gasteiger partial charge < -0.3 is 4.74 Å². The Kier molecular flexibility index (Phi) is 3.93. The van der Waals surface area contributed by atoms with E-state index in [4.69, 9.17) is 4.74 Å². The van der Waals surface area contributed by atoms with Gasteiger partial charge in [0, 0.05) is 12.0 Å². The van der Waals surface area contributed by atoms with Crippen LogP contribution in [0.4, 0.5) is 0 Å². The van der Waals surface area contributed by atoms with Crippen molar-refractivity contribution in [2.75, 3.05) is 0 Å². The van der Waals surface area contributed by atoms with Gasteiger partial charge >= 0.3 is 0 Å². The molecule has 0 radical (unpaired) electrons. The molecule has 1 nitrogen and oxygen atoms in total. The van der Waals surface area contributed by atoms with E-state index in [-0.39, 0.29) is 5.60 Å². The molecule has 0 aromatic heterocycles. The summed E-state index contributed by atoms with van der Waals surface area (Å²) in [5.74, 6) is 0.963. The minimum Gasteiger partial charge on any atom is -0.482 e.